The van der Waals surface area contributed by atoms with Gasteiger partial charge in [-0.25, -0.2) is 0 Å². The van der Waals surface area contributed by atoms with Crippen molar-refractivity contribution in [2.75, 3.05) is 6.61 Å². The highest BCUT2D eigenvalue weighted by molar-refractivity contribution is 5.68. The highest BCUT2D eigenvalue weighted by atomic mass is 16.5. The second-order valence-corrected chi connectivity index (χ2v) is 1.83. The van der Waals surface area contributed by atoms with Gasteiger partial charge in [-0.05, 0) is 12.5 Å². The van der Waals surface area contributed by atoms with E-state index in [0.717, 1.165) is 5.57 Å². The third-order valence-electron chi connectivity index (χ3n) is 0.635. The van der Waals surface area contributed by atoms with Crippen molar-refractivity contribution < 1.29 is 9.53 Å². The zero-order chi connectivity index (χ0) is 7.28. The summed E-state index contributed by atoms with van der Waals surface area (Å²) in [6.07, 6.45) is 0.572. The average molecular weight is 126 g/mol. The van der Waals surface area contributed by atoms with Crippen molar-refractivity contribution in [2.45, 2.75) is 6.92 Å². The molecule has 9 heavy (non-hydrogen) atoms. The summed E-state index contributed by atoms with van der Waals surface area (Å²) in [5.74, 6) is 0.151. The molecule has 0 aromatic carbocycles. The second kappa shape index (κ2) is 3.89. The predicted octanol–water partition coefficient (Wildman–Crippen LogP) is 1.29. The van der Waals surface area contributed by atoms with Gasteiger partial charge in [0.2, 0.25) is 0 Å². The van der Waals surface area contributed by atoms with E-state index >= 15 is 0 Å². The molecule has 2 heteroatoms. The molecule has 0 saturated heterocycles. The van der Waals surface area contributed by atoms with E-state index in [0.29, 0.717) is 12.9 Å². The van der Waals surface area contributed by atoms with Crippen LogP contribution in [0.25, 0.3) is 0 Å². The molecule has 0 aliphatic rings. The first-order valence-corrected chi connectivity index (χ1v) is 2.58. The van der Waals surface area contributed by atoms with Crippen molar-refractivity contribution in [1.82, 2.24) is 0 Å². The molecule has 50 valence electrons. The van der Waals surface area contributed by atoms with E-state index in [1.54, 1.807) is 0 Å². The average Bonchev–Trinajstić information content (AvgIpc) is 1.83. The summed E-state index contributed by atoms with van der Waals surface area (Å²) < 4.78 is 4.79. The minimum absolute atomic E-state index is 0.151. The minimum Gasteiger partial charge on any atom is -0.486 e. The fraction of sp³-hybridized carbons (Fsp3) is 0.286. The fourth-order valence-electron chi connectivity index (χ4n) is 0.250. The molecule has 0 heterocycles. The standard InChI is InChI=1S/C7H10O2/c1-6(2)5-9-7(3)4-8/h4H,1,3,5H2,2H3. The largest absolute Gasteiger partial charge is 0.486 e. The Bertz CT molecular complexity index is 136. The highest BCUT2D eigenvalue weighted by Gasteiger charge is 1.89. The minimum atomic E-state index is 0.151. The molecule has 0 aliphatic heterocycles. The smallest absolute Gasteiger partial charge is 0.184 e. The van der Waals surface area contributed by atoms with Gasteiger partial charge in [-0.2, -0.15) is 0 Å². The van der Waals surface area contributed by atoms with Gasteiger partial charge in [-0.1, -0.05) is 13.2 Å². The molecule has 0 aromatic heterocycles. The van der Waals surface area contributed by atoms with Crippen molar-refractivity contribution in [2.24, 2.45) is 0 Å². The van der Waals surface area contributed by atoms with Crippen LogP contribution in [0.15, 0.2) is 24.5 Å². The van der Waals surface area contributed by atoms with Crippen molar-refractivity contribution in [1.29, 1.82) is 0 Å². The van der Waals surface area contributed by atoms with Crippen LogP contribution in [0.4, 0.5) is 0 Å². The van der Waals surface area contributed by atoms with Crippen LogP contribution in [-0.2, 0) is 9.53 Å². The third kappa shape index (κ3) is 4.81. The maximum atomic E-state index is 9.86. The maximum absolute atomic E-state index is 9.86. The molecule has 2 nitrogen and oxygen atoms in total. The zero-order valence-corrected chi connectivity index (χ0v) is 5.52. The third-order valence-corrected chi connectivity index (χ3v) is 0.635. The summed E-state index contributed by atoms with van der Waals surface area (Å²) in [6, 6.07) is 0. The van der Waals surface area contributed by atoms with Gasteiger partial charge >= 0.3 is 0 Å². The van der Waals surface area contributed by atoms with E-state index in [1.165, 1.54) is 0 Å². The SMILES string of the molecule is C=C(C)COC(=C)C=O. The molecule has 0 N–H and O–H groups in total. The molecular formula is C7H10O2. The first-order valence-electron chi connectivity index (χ1n) is 2.58. The molecule has 0 atom stereocenters. The summed E-state index contributed by atoms with van der Waals surface area (Å²) in [7, 11) is 0. The molecule has 0 saturated carbocycles. The van der Waals surface area contributed by atoms with E-state index in [-0.39, 0.29) is 5.76 Å². The number of ether oxygens (including phenoxy) is 1. The molecule has 0 aromatic rings. The van der Waals surface area contributed by atoms with Gasteiger partial charge in [0.1, 0.15) is 6.61 Å². The molecule has 0 rings (SSSR count). The Morgan fingerprint density at radius 3 is 2.56 bits per heavy atom. The summed E-state index contributed by atoms with van der Waals surface area (Å²) in [5.41, 5.74) is 0.873. The Hall–Kier alpha value is -1.05. The molecule has 0 unspecified atom stereocenters. The van der Waals surface area contributed by atoms with E-state index in [1.807, 2.05) is 6.92 Å². The lowest BCUT2D eigenvalue weighted by molar-refractivity contribution is -0.107. The van der Waals surface area contributed by atoms with Gasteiger partial charge in [0.15, 0.2) is 12.0 Å². The number of carbonyl (C=O) groups is 1. The number of hydrogen-bond donors (Lipinski definition) is 0. The van der Waals surface area contributed by atoms with Crippen LogP contribution < -0.4 is 0 Å². The highest BCUT2D eigenvalue weighted by Crippen LogP contribution is 1.93. The van der Waals surface area contributed by atoms with Crippen LogP contribution >= 0.6 is 0 Å². The number of allylic oxidation sites excluding steroid dienone is 1. The molecule has 0 spiro atoms. The first kappa shape index (κ1) is 7.95. The monoisotopic (exact) mass is 126 g/mol. The van der Waals surface area contributed by atoms with Crippen molar-refractivity contribution in [3.8, 4) is 0 Å². The Kier molecular flexibility index (Phi) is 3.44. The lowest BCUT2D eigenvalue weighted by Crippen LogP contribution is -1.94. The van der Waals surface area contributed by atoms with Crippen molar-refractivity contribution in [3.63, 3.8) is 0 Å². The second-order valence-electron chi connectivity index (χ2n) is 1.83. The number of rotatable bonds is 4. The van der Waals surface area contributed by atoms with Gasteiger partial charge in [0, 0.05) is 0 Å². The van der Waals surface area contributed by atoms with Gasteiger partial charge in [-0.15, -0.1) is 0 Å². The Morgan fingerprint density at radius 1 is 1.67 bits per heavy atom. The molecule has 0 radical (unpaired) electrons. The predicted molar refractivity (Wildman–Crippen MR) is 36.0 cm³/mol. The van der Waals surface area contributed by atoms with Crippen LogP contribution in [0, 0.1) is 0 Å². The van der Waals surface area contributed by atoms with Crippen LogP contribution in [0.2, 0.25) is 0 Å². The summed E-state index contributed by atoms with van der Waals surface area (Å²) >= 11 is 0. The summed E-state index contributed by atoms with van der Waals surface area (Å²) in [6.45, 7) is 9.08. The summed E-state index contributed by atoms with van der Waals surface area (Å²) in [5, 5.41) is 0. The number of aldehydes is 1. The van der Waals surface area contributed by atoms with Gasteiger partial charge < -0.3 is 4.74 Å². The molecule has 0 bridgehead atoms. The van der Waals surface area contributed by atoms with E-state index in [4.69, 9.17) is 4.74 Å². The van der Waals surface area contributed by atoms with Crippen LogP contribution in [0.3, 0.4) is 0 Å². The van der Waals surface area contributed by atoms with Crippen LogP contribution in [-0.4, -0.2) is 12.9 Å². The summed E-state index contributed by atoms with van der Waals surface area (Å²) in [4.78, 5) is 9.86. The van der Waals surface area contributed by atoms with Crippen LogP contribution in [0.5, 0.6) is 0 Å². The molecular weight excluding hydrogens is 116 g/mol. The number of hydrogen-bond acceptors (Lipinski definition) is 2. The number of carbonyl (C=O) groups excluding carboxylic acids is 1. The Morgan fingerprint density at radius 2 is 2.22 bits per heavy atom. The Labute approximate surface area is 54.8 Å². The first-order chi connectivity index (χ1) is 4.16. The fourth-order valence-corrected chi connectivity index (χ4v) is 0.250. The molecule has 0 amide bonds. The maximum Gasteiger partial charge on any atom is 0.184 e. The lowest BCUT2D eigenvalue weighted by Gasteiger charge is -2.00. The van der Waals surface area contributed by atoms with E-state index in [9.17, 15) is 4.79 Å². The van der Waals surface area contributed by atoms with Crippen LogP contribution in [0.1, 0.15) is 6.92 Å². The van der Waals surface area contributed by atoms with Crippen molar-refractivity contribution >= 4 is 6.29 Å². The van der Waals surface area contributed by atoms with Gasteiger partial charge in [-0.3, -0.25) is 4.79 Å². The topological polar surface area (TPSA) is 26.3 Å². The lowest BCUT2D eigenvalue weighted by atomic mass is 10.4. The van der Waals surface area contributed by atoms with Gasteiger partial charge in [0.25, 0.3) is 0 Å². The van der Waals surface area contributed by atoms with E-state index < -0.39 is 0 Å². The molecule has 0 fully saturated rings. The quantitative estimate of drug-likeness (QED) is 0.245. The van der Waals surface area contributed by atoms with E-state index in [2.05, 4.69) is 13.2 Å². The molecule has 0 aliphatic carbocycles. The zero-order valence-electron chi connectivity index (χ0n) is 5.52. The normalized spacial score (nSPS) is 8.11. The Balaban J connectivity index is 3.39. The van der Waals surface area contributed by atoms with Gasteiger partial charge in [0.05, 0.1) is 0 Å². The van der Waals surface area contributed by atoms with Crippen molar-refractivity contribution in [3.05, 3.63) is 24.5 Å².